The molecule has 0 aliphatic heterocycles. The van der Waals surface area contributed by atoms with Crippen LogP contribution in [0.25, 0.3) is 0 Å². The summed E-state index contributed by atoms with van der Waals surface area (Å²) in [6, 6.07) is 19.9. The number of hydrogen-bond donors (Lipinski definition) is 1. The predicted octanol–water partition coefficient (Wildman–Crippen LogP) is 4.68. The minimum absolute atomic E-state index is 0.110. The SMILES string of the molecule is C[C@@H]([C@H](c1cc(F)c(F)c(F)c1)N(CC(=O)O)O[SiH](c1ccccc1)c1ccccc1)C(C)(C)C. The largest absolute Gasteiger partial charge is 0.480 e. The van der Waals surface area contributed by atoms with Crippen molar-refractivity contribution in [1.29, 1.82) is 0 Å². The summed E-state index contributed by atoms with van der Waals surface area (Å²) < 4.78 is 48.9. The molecule has 0 spiro atoms. The molecule has 0 saturated heterocycles. The van der Waals surface area contributed by atoms with E-state index in [-0.39, 0.29) is 11.5 Å². The van der Waals surface area contributed by atoms with Crippen molar-refractivity contribution >= 4 is 25.4 Å². The summed E-state index contributed by atoms with van der Waals surface area (Å²) in [6.45, 7) is 7.17. The van der Waals surface area contributed by atoms with Crippen LogP contribution in [0.2, 0.25) is 0 Å². The molecule has 0 amide bonds. The first-order valence-corrected chi connectivity index (χ1v) is 13.0. The lowest BCUT2D eigenvalue weighted by Gasteiger charge is -2.41. The molecule has 8 heteroatoms. The molecule has 0 bridgehead atoms. The summed E-state index contributed by atoms with van der Waals surface area (Å²) in [6.07, 6.45) is 0. The summed E-state index contributed by atoms with van der Waals surface area (Å²) in [5.74, 6) is -5.72. The molecular formula is C27H30F3NO3Si. The maximum absolute atomic E-state index is 14.3. The zero-order valence-electron chi connectivity index (χ0n) is 20.2. The predicted molar refractivity (Wildman–Crippen MR) is 132 cm³/mol. The maximum Gasteiger partial charge on any atom is 0.320 e. The molecule has 0 radical (unpaired) electrons. The van der Waals surface area contributed by atoms with Crippen LogP contribution < -0.4 is 10.4 Å². The van der Waals surface area contributed by atoms with Gasteiger partial charge in [-0.05, 0) is 39.4 Å². The molecule has 0 aliphatic rings. The van der Waals surface area contributed by atoms with Crippen LogP contribution in [0.15, 0.2) is 72.8 Å². The number of benzene rings is 3. The number of nitrogens with zero attached hydrogens (tertiary/aromatic N) is 1. The number of hydroxylamine groups is 2. The molecule has 0 aromatic heterocycles. The van der Waals surface area contributed by atoms with E-state index in [1.54, 1.807) is 0 Å². The second kappa shape index (κ2) is 11.2. The Kier molecular flexibility index (Phi) is 8.53. The zero-order chi connectivity index (χ0) is 25.8. The quantitative estimate of drug-likeness (QED) is 0.263. The third-order valence-electron chi connectivity index (χ3n) is 6.23. The lowest BCUT2D eigenvalue weighted by atomic mass is 9.75. The molecule has 3 aromatic carbocycles. The molecule has 3 aromatic rings. The monoisotopic (exact) mass is 501 g/mol. The standard InChI is InChI=1S/C27H30F3NO3Si/c1-18(27(2,3)4)26(19-15-22(28)25(30)23(29)16-19)31(17-24(32)33)34-35(20-11-7-5-8-12-20)21-13-9-6-10-14-21/h5-16,18,26,35H,17H2,1-4H3,(H,32,33)/t18-,26+/m0/s1. The first kappa shape index (κ1) is 26.7. The Hall–Kier alpha value is -2.94. The normalized spacial score (nSPS) is 13.7. The fraction of sp³-hybridized carbons (Fsp3) is 0.296. The van der Waals surface area contributed by atoms with Gasteiger partial charge in [0.2, 0.25) is 0 Å². The molecule has 3 rings (SSSR count). The number of halogens is 3. The minimum atomic E-state index is -2.48. The van der Waals surface area contributed by atoms with Gasteiger partial charge in [0.1, 0.15) is 6.54 Å². The molecule has 186 valence electrons. The Morgan fingerprint density at radius 2 is 1.40 bits per heavy atom. The van der Waals surface area contributed by atoms with Crippen molar-refractivity contribution in [2.24, 2.45) is 11.3 Å². The fourth-order valence-corrected chi connectivity index (χ4v) is 6.21. The summed E-state index contributed by atoms with van der Waals surface area (Å²) in [5.41, 5.74) is -0.290. The average molecular weight is 502 g/mol. The Labute approximate surface area is 205 Å². The second-order valence-corrected chi connectivity index (χ2v) is 12.0. The average Bonchev–Trinajstić information content (AvgIpc) is 2.81. The number of carbonyl (C=O) groups is 1. The highest BCUT2D eigenvalue weighted by atomic mass is 28.3. The summed E-state index contributed by atoms with van der Waals surface area (Å²) in [5, 5.41) is 12.9. The van der Waals surface area contributed by atoms with E-state index in [1.165, 1.54) is 5.06 Å². The van der Waals surface area contributed by atoms with Gasteiger partial charge in [0.05, 0.1) is 6.04 Å². The zero-order valence-corrected chi connectivity index (χ0v) is 21.4. The molecule has 4 nitrogen and oxygen atoms in total. The van der Waals surface area contributed by atoms with Crippen LogP contribution in [-0.4, -0.2) is 31.7 Å². The van der Waals surface area contributed by atoms with Gasteiger partial charge in [0, 0.05) is 0 Å². The van der Waals surface area contributed by atoms with E-state index < -0.39 is 50.5 Å². The number of hydrogen-bond acceptors (Lipinski definition) is 3. The van der Waals surface area contributed by atoms with E-state index >= 15 is 0 Å². The van der Waals surface area contributed by atoms with Crippen molar-refractivity contribution in [3.05, 3.63) is 95.8 Å². The molecular weight excluding hydrogens is 471 g/mol. The highest BCUT2D eigenvalue weighted by molar-refractivity contribution is 6.79. The van der Waals surface area contributed by atoms with Crippen LogP contribution >= 0.6 is 0 Å². The van der Waals surface area contributed by atoms with Crippen molar-refractivity contribution in [3.8, 4) is 0 Å². The van der Waals surface area contributed by atoms with Gasteiger partial charge < -0.3 is 9.63 Å². The van der Waals surface area contributed by atoms with Crippen molar-refractivity contribution in [2.75, 3.05) is 6.54 Å². The van der Waals surface area contributed by atoms with Gasteiger partial charge in [0.15, 0.2) is 17.5 Å². The fourth-order valence-electron chi connectivity index (χ4n) is 3.96. The molecule has 0 saturated carbocycles. The second-order valence-electron chi connectivity index (χ2n) is 9.67. The molecule has 2 atom stereocenters. The highest BCUT2D eigenvalue weighted by Crippen LogP contribution is 2.40. The smallest absolute Gasteiger partial charge is 0.320 e. The Morgan fingerprint density at radius 3 is 1.80 bits per heavy atom. The van der Waals surface area contributed by atoms with Crippen LogP contribution in [0.3, 0.4) is 0 Å². The maximum atomic E-state index is 14.3. The van der Waals surface area contributed by atoms with Gasteiger partial charge in [-0.25, -0.2) is 13.2 Å². The summed E-state index contributed by atoms with van der Waals surface area (Å²) >= 11 is 0. The highest BCUT2D eigenvalue weighted by Gasteiger charge is 2.38. The summed E-state index contributed by atoms with van der Waals surface area (Å²) in [4.78, 5) is 11.9. The molecule has 0 unspecified atom stereocenters. The first-order valence-electron chi connectivity index (χ1n) is 11.4. The summed E-state index contributed by atoms with van der Waals surface area (Å²) in [7, 11) is -2.48. The van der Waals surface area contributed by atoms with Crippen molar-refractivity contribution in [3.63, 3.8) is 0 Å². The topological polar surface area (TPSA) is 49.8 Å². The third-order valence-corrected chi connectivity index (χ3v) is 8.70. The molecule has 35 heavy (non-hydrogen) atoms. The van der Waals surface area contributed by atoms with Gasteiger partial charge in [-0.2, -0.15) is 5.06 Å². The third kappa shape index (κ3) is 6.59. The van der Waals surface area contributed by atoms with E-state index in [0.29, 0.717) is 0 Å². The van der Waals surface area contributed by atoms with E-state index in [4.69, 9.17) is 4.53 Å². The lowest BCUT2D eigenvalue weighted by Crippen LogP contribution is -2.52. The molecule has 1 N–H and O–H groups in total. The Bertz CT molecular complexity index is 1080. The number of rotatable bonds is 9. The molecule has 0 aliphatic carbocycles. The molecule has 0 fully saturated rings. The first-order chi connectivity index (χ1) is 16.5. The van der Waals surface area contributed by atoms with Gasteiger partial charge in [0.25, 0.3) is 9.04 Å². The lowest BCUT2D eigenvalue weighted by molar-refractivity contribution is -0.162. The van der Waals surface area contributed by atoms with Crippen molar-refractivity contribution in [1.82, 2.24) is 5.06 Å². The van der Waals surface area contributed by atoms with Crippen molar-refractivity contribution < 1.29 is 27.6 Å². The Balaban J connectivity index is 2.16. The van der Waals surface area contributed by atoms with Crippen LogP contribution in [0, 0.1) is 28.8 Å². The van der Waals surface area contributed by atoms with Gasteiger partial charge >= 0.3 is 5.97 Å². The van der Waals surface area contributed by atoms with Gasteiger partial charge in [-0.3, -0.25) is 4.79 Å². The number of carboxylic acid groups (broad SMARTS) is 1. The molecule has 0 heterocycles. The minimum Gasteiger partial charge on any atom is -0.480 e. The van der Waals surface area contributed by atoms with Gasteiger partial charge in [-0.15, -0.1) is 0 Å². The van der Waals surface area contributed by atoms with E-state index in [2.05, 4.69) is 0 Å². The van der Waals surface area contributed by atoms with Gasteiger partial charge in [-0.1, -0.05) is 88.4 Å². The van der Waals surface area contributed by atoms with Crippen LogP contribution in [0.5, 0.6) is 0 Å². The Morgan fingerprint density at radius 1 is 0.943 bits per heavy atom. The van der Waals surface area contributed by atoms with Crippen molar-refractivity contribution in [2.45, 2.75) is 33.7 Å². The van der Waals surface area contributed by atoms with E-state index in [0.717, 1.165) is 22.5 Å². The number of aliphatic carboxylic acids is 1. The van der Waals surface area contributed by atoms with E-state index in [9.17, 15) is 23.1 Å². The number of carboxylic acids is 1. The van der Waals surface area contributed by atoms with Crippen LogP contribution in [0.4, 0.5) is 13.2 Å². The van der Waals surface area contributed by atoms with E-state index in [1.807, 2.05) is 88.4 Å². The van der Waals surface area contributed by atoms with Crippen LogP contribution in [-0.2, 0) is 9.32 Å². The van der Waals surface area contributed by atoms with Crippen LogP contribution in [0.1, 0.15) is 39.3 Å².